The number of nitrogens with zero attached hydrogens (tertiary/aromatic N) is 4. The van der Waals surface area contributed by atoms with Crippen LogP contribution in [0.25, 0.3) is 11.0 Å². The molecule has 0 spiro atoms. The van der Waals surface area contributed by atoms with Crippen molar-refractivity contribution in [2.24, 2.45) is 5.92 Å². The Kier molecular flexibility index (Phi) is 7.03. The van der Waals surface area contributed by atoms with Crippen molar-refractivity contribution in [2.75, 3.05) is 32.7 Å². The number of amides is 1. The van der Waals surface area contributed by atoms with Gasteiger partial charge >= 0.3 is 0 Å². The third kappa shape index (κ3) is 5.34. The standard InChI is InChI=1S/C26H34N4O/c1-3-29(26(31)19-30-20-27-24-10-6-7-11-25(24)30)18-22-12-15-28(16-13-22)17-14-23-9-5-4-8-21(23)2/h4-11,20,22H,3,12-19H2,1-2H3. The molecule has 164 valence electrons. The molecule has 0 saturated carbocycles. The largest absolute Gasteiger partial charge is 0.341 e. The minimum atomic E-state index is 0.188. The van der Waals surface area contributed by atoms with Crippen molar-refractivity contribution in [3.8, 4) is 0 Å². The Bertz CT molecular complexity index is 1000. The average molecular weight is 419 g/mol. The first-order valence-corrected chi connectivity index (χ1v) is 11.6. The van der Waals surface area contributed by atoms with Crippen molar-refractivity contribution in [2.45, 2.75) is 39.7 Å². The summed E-state index contributed by atoms with van der Waals surface area (Å²) in [6.07, 6.45) is 5.25. The van der Waals surface area contributed by atoms with Gasteiger partial charge in [0.15, 0.2) is 0 Å². The Balaban J connectivity index is 1.25. The minimum Gasteiger partial charge on any atom is -0.341 e. The zero-order valence-electron chi connectivity index (χ0n) is 18.8. The SMILES string of the molecule is CCN(CC1CCN(CCc2ccccc2C)CC1)C(=O)Cn1cnc2ccccc21. The van der Waals surface area contributed by atoms with Crippen LogP contribution in [0.5, 0.6) is 0 Å². The van der Waals surface area contributed by atoms with E-state index in [4.69, 9.17) is 0 Å². The van der Waals surface area contributed by atoms with E-state index in [1.165, 1.54) is 24.0 Å². The number of fused-ring (bicyclic) bond motifs is 1. The maximum Gasteiger partial charge on any atom is 0.242 e. The Morgan fingerprint density at radius 1 is 1.10 bits per heavy atom. The first kappa shape index (κ1) is 21.6. The molecule has 2 aromatic carbocycles. The van der Waals surface area contributed by atoms with E-state index in [0.717, 1.165) is 50.2 Å². The summed E-state index contributed by atoms with van der Waals surface area (Å²) >= 11 is 0. The second kappa shape index (κ2) is 10.1. The highest BCUT2D eigenvalue weighted by molar-refractivity contribution is 5.80. The number of imidazole rings is 1. The van der Waals surface area contributed by atoms with E-state index in [0.29, 0.717) is 12.5 Å². The lowest BCUT2D eigenvalue weighted by Crippen LogP contribution is -2.42. The van der Waals surface area contributed by atoms with Crippen molar-refractivity contribution in [3.05, 3.63) is 66.0 Å². The number of aryl methyl sites for hydroxylation is 1. The molecule has 1 aliphatic heterocycles. The van der Waals surface area contributed by atoms with Crippen LogP contribution in [0.2, 0.25) is 0 Å². The molecule has 5 nitrogen and oxygen atoms in total. The molecule has 1 amide bonds. The summed E-state index contributed by atoms with van der Waals surface area (Å²) in [5.41, 5.74) is 4.81. The van der Waals surface area contributed by atoms with Crippen molar-refractivity contribution < 1.29 is 4.79 Å². The van der Waals surface area contributed by atoms with Gasteiger partial charge in [0, 0.05) is 19.6 Å². The number of hydrogen-bond donors (Lipinski definition) is 0. The summed E-state index contributed by atoms with van der Waals surface area (Å²) in [4.78, 5) is 22.0. The number of rotatable bonds is 8. The molecule has 1 saturated heterocycles. The Labute approximate surface area is 185 Å². The molecule has 4 rings (SSSR count). The Morgan fingerprint density at radius 3 is 2.61 bits per heavy atom. The van der Waals surface area contributed by atoms with Crippen LogP contribution < -0.4 is 0 Å². The molecule has 2 heterocycles. The molecule has 5 heteroatoms. The van der Waals surface area contributed by atoms with Gasteiger partial charge in [0.05, 0.1) is 17.4 Å². The van der Waals surface area contributed by atoms with Crippen LogP contribution in [-0.4, -0.2) is 58.0 Å². The molecule has 0 bridgehead atoms. The van der Waals surface area contributed by atoms with Crippen molar-refractivity contribution in [1.29, 1.82) is 0 Å². The second-order valence-corrected chi connectivity index (χ2v) is 8.76. The monoisotopic (exact) mass is 418 g/mol. The van der Waals surface area contributed by atoms with Crippen molar-refractivity contribution in [3.63, 3.8) is 0 Å². The van der Waals surface area contributed by atoms with Gasteiger partial charge < -0.3 is 14.4 Å². The van der Waals surface area contributed by atoms with Crippen LogP contribution in [0.15, 0.2) is 54.9 Å². The van der Waals surface area contributed by atoms with Crippen LogP contribution in [-0.2, 0) is 17.8 Å². The van der Waals surface area contributed by atoms with Gasteiger partial charge in [-0.2, -0.15) is 0 Å². The van der Waals surface area contributed by atoms with Gasteiger partial charge in [0.25, 0.3) is 0 Å². The van der Waals surface area contributed by atoms with Gasteiger partial charge in [-0.3, -0.25) is 4.79 Å². The first-order valence-electron chi connectivity index (χ1n) is 11.6. The maximum absolute atomic E-state index is 13.0. The van der Waals surface area contributed by atoms with Crippen LogP contribution in [0, 0.1) is 12.8 Å². The molecule has 0 unspecified atom stereocenters. The fraction of sp³-hybridized carbons (Fsp3) is 0.462. The van der Waals surface area contributed by atoms with E-state index >= 15 is 0 Å². The molecule has 3 aromatic rings. The number of likely N-dealkylation sites (tertiary alicyclic amines) is 1. The number of benzene rings is 2. The number of piperidine rings is 1. The third-order valence-corrected chi connectivity index (χ3v) is 6.71. The molecule has 1 aliphatic rings. The zero-order chi connectivity index (χ0) is 21.6. The minimum absolute atomic E-state index is 0.188. The number of aromatic nitrogens is 2. The molecule has 0 N–H and O–H groups in total. The highest BCUT2D eigenvalue weighted by Gasteiger charge is 2.23. The van der Waals surface area contributed by atoms with E-state index in [1.54, 1.807) is 6.33 Å². The normalized spacial score (nSPS) is 15.4. The number of carbonyl (C=O) groups excluding carboxylic acids is 1. The number of hydrogen-bond acceptors (Lipinski definition) is 3. The van der Waals surface area contributed by atoms with Gasteiger partial charge in [-0.25, -0.2) is 4.98 Å². The van der Waals surface area contributed by atoms with Gasteiger partial charge in [-0.15, -0.1) is 0 Å². The fourth-order valence-corrected chi connectivity index (χ4v) is 4.66. The molecule has 1 aromatic heterocycles. The number of carbonyl (C=O) groups is 1. The van der Waals surface area contributed by atoms with E-state index in [2.05, 4.69) is 48.0 Å². The predicted molar refractivity (Wildman–Crippen MR) is 126 cm³/mol. The molecule has 0 radical (unpaired) electrons. The molecular formula is C26H34N4O. The summed E-state index contributed by atoms with van der Waals surface area (Å²) in [6, 6.07) is 16.7. The van der Waals surface area contributed by atoms with E-state index < -0.39 is 0 Å². The fourth-order valence-electron chi connectivity index (χ4n) is 4.66. The maximum atomic E-state index is 13.0. The third-order valence-electron chi connectivity index (χ3n) is 6.71. The van der Waals surface area contributed by atoms with Gasteiger partial charge in [-0.1, -0.05) is 36.4 Å². The summed E-state index contributed by atoms with van der Waals surface area (Å²) < 4.78 is 1.97. The summed E-state index contributed by atoms with van der Waals surface area (Å²) in [5, 5.41) is 0. The summed E-state index contributed by atoms with van der Waals surface area (Å²) in [5.74, 6) is 0.783. The smallest absolute Gasteiger partial charge is 0.242 e. The molecule has 31 heavy (non-hydrogen) atoms. The van der Waals surface area contributed by atoms with Gasteiger partial charge in [0.2, 0.25) is 5.91 Å². The van der Waals surface area contributed by atoms with Crippen LogP contribution in [0.4, 0.5) is 0 Å². The first-order chi connectivity index (χ1) is 15.1. The van der Waals surface area contributed by atoms with Crippen LogP contribution in [0.3, 0.4) is 0 Å². The summed E-state index contributed by atoms with van der Waals surface area (Å²) in [6.45, 7) is 9.67. The molecule has 1 fully saturated rings. The lowest BCUT2D eigenvalue weighted by atomic mass is 9.95. The second-order valence-electron chi connectivity index (χ2n) is 8.76. The van der Waals surface area contributed by atoms with Gasteiger partial charge in [0.1, 0.15) is 6.54 Å². The van der Waals surface area contributed by atoms with Crippen LogP contribution >= 0.6 is 0 Å². The number of likely N-dealkylation sites (N-methyl/N-ethyl adjacent to an activating group) is 1. The van der Waals surface area contributed by atoms with Crippen LogP contribution in [0.1, 0.15) is 30.9 Å². The van der Waals surface area contributed by atoms with E-state index in [9.17, 15) is 4.79 Å². The van der Waals surface area contributed by atoms with Crippen molar-refractivity contribution >= 4 is 16.9 Å². The van der Waals surface area contributed by atoms with Crippen molar-refractivity contribution in [1.82, 2.24) is 19.4 Å². The Morgan fingerprint density at radius 2 is 1.84 bits per heavy atom. The molecular weight excluding hydrogens is 384 g/mol. The Hall–Kier alpha value is -2.66. The zero-order valence-corrected chi connectivity index (χ0v) is 18.8. The highest BCUT2D eigenvalue weighted by atomic mass is 16.2. The predicted octanol–water partition coefficient (Wildman–Crippen LogP) is 4.15. The quantitative estimate of drug-likeness (QED) is 0.552. The highest BCUT2D eigenvalue weighted by Crippen LogP contribution is 2.20. The lowest BCUT2D eigenvalue weighted by molar-refractivity contribution is -0.132. The van der Waals surface area contributed by atoms with E-state index in [-0.39, 0.29) is 5.91 Å². The lowest BCUT2D eigenvalue weighted by Gasteiger charge is -2.34. The topological polar surface area (TPSA) is 41.4 Å². The average Bonchev–Trinajstić information content (AvgIpc) is 3.20. The molecule has 0 aliphatic carbocycles. The summed E-state index contributed by atoms with van der Waals surface area (Å²) in [7, 11) is 0. The molecule has 0 atom stereocenters. The van der Waals surface area contributed by atoms with E-state index in [1.807, 2.05) is 33.7 Å². The van der Waals surface area contributed by atoms with Gasteiger partial charge in [-0.05, 0) is 75.4 Å². The number of para-hydroxylation sites is 2.